The summed E-state index contributed by atoms with van der Waals surface area (Å²) in [5, 5.41) is 9.97. The normalized spacial score (nSPS) is 10.8. The van der Waals surface area contributed by atoms with Crippen LogP contribution in [0.5, 0.6) is 5.75 Å². The van der Waals surface area contributed by atoms with Crippen LogP contribution in [0.15, 0.2) is 70.6 Å². The van der Waals surface area contributed by atoms with Crippen LogP contribution in [0.3, 0.4) is 0 Å². The first-order valence-electron chi connectivity index (χ1n) is 9.21. The average Bonchev–Trinajstić information content (AvgIpc) is 3.36. The molecule has 0 radical (unpaired) electrons. The van der Waals surface area contributed by atoms with Gasteiger partial charge in [-0.05, 0) is 41.3 Å². The number of carbonyl (C=O) groups is 1. The molecule has 2 heterocycles. The SMILES string of the molecule is O=C(Nc1nn(Cc2ccc(Br)cc2)cc1Cl)c1cc(COc2ccccc2Cl)cs1. The molecule has 9 heteroatoms. The number of amides is 1. The minimum atomic E-state index is -0.273. The predicted molar refractivity (Wildman–Crippen MR) is 129 cm³/mol. The fourth-order valence-electron chi connectivity index (χ4n) is 2.80. The Hall–Kier alpha value is -2.32. The molecular weight excluding hydrogens is 521 g/mol. The Morgan fingerprint density at radius 3 is 2.65 bits per heavy atom. The molecule has 2 aromatic heterocycles. The lowest BCUT2D eigenvalue weighted by molar-refractivity contribution is 0.103. The zero-order chi connectivity index (χ0) is 21.8. The summed E-state index contributed by atoms with van der Waals surface area (Å²) in [6, 6.07) is 17.0. The number of aromatic nitrogens is 2. The zero-order valence-electron chi connectivity index (χ0n) is 16.0. The van der Waals surface area contributed by atoms with Crippen LogP contribution < -0.4 is 10.1 Å². The minimum absolute atomic E-state index is 0.273. The second-order valence-corrected chi connectivity index (χ2v) is 9.28. The predicted octanol–water partition coefficient (Wildman–Crippen LogP) is 6.89. The molecule has 0 fully saturated rings. The van der Waals surface area contributed by atoms with Crippen LogP contribution >= 0.6 is 50.5 Å². The van der Waals surface area contributed by atoms with Gasteiger partial charge in [0.05, 0.1) is 16.4 Å². The van der Waals surface area contributed by atoms with Gasteiger partial charge in [0.2, 0.25) is 0 Å². The van der Waals surface area contributed by atoms with E-state index >= 15 is 0 Å². The number of halogens is 3. The summed E-state index contributed by atoms with van der Waals surface area (Å²) in [5.41, 5.74) is 1.95. The molecule has 0 saturated carbocycles. The van der Waals surface area contributed by atoms with Gasteiger partial charge < -0.3 is 10.1 Å². The van der Waals surface area contributed by atoms with Crippen molar-refractivity contribution in [2.75, 3.05) is 5.32 Å². The number of anilines is 1. The molecule has 5 nitrogen and oxygen atoms in total. The summed E-state index contributed by atoms with van der Waals surface area (Å²) in [6.07, 6.45) is 1.69. The first kappa shape index (κ1) is 21.9. The summed E-state index contributed by atoms with van der Waals surface area (Å²) in [4.78, 5) is 13.2. The molecule has 0 aliphatic rings. The molecule has 1 amide bonds. The van der Waals surface area contributed by atoms with E-state index in [0.29, 0.717) is 39.6 Å². The Morgan fingerprint density at radius 2 is 1.87 bits per heavy atom. The Labute approximate surface area is 201 Å². The molecule has 0 spiro atoms. The smallest absolute Gasteiger partial charge is 0.266 e. The van der Waals surface area contributed by atoms with Gasteiger partial charge >= 0.3 is 0 Å². The Morgan fingerprint density at radius 1 is 1.10 bits per heavy atom. The lowest BCUT2D eigenvalue weighted by Gasteiger charge is -2.06. The monoisotopic (exact) mass is 535 g/mol. The second-order valence-electron chi connectivity index (χ2n) is 6.64. The van der Waals surface area contributed by atoms with E-state index in [4.69, 9.17) is 27.9 Å². The highest BCUT2D eigenvalue weighted by molar-refractivity contribution is 9.10. The first-order chi connectivity index (χ1) is 15.0. The minimum Gasteiger partial charge on any atom is -0.487 e. The van der Waals surface area contributed by atoms with Crippen molar-refractivity contribution in [2.24, 2.45) is 0 Å². The molecule has 0 atom stereocenters. The Kier molecular flexibility index (Phi) is 6.97. The van der Waals surface area contributed by atoms with Crippen molar-refractivity contribution in [2.45, 2.75) is 13.2 Å². The summed E-state index contributed by atoms with van der Waals surface area (Å²) in [7, 11) is 0. The average molecular weight is 537 g/mol. The van der Waals surface area contributed by atoms with Crippen LogP contribution in [0.2, 0.25) is 10.0 Å². The number of para-hydroxylation sites is 1. The molecule has 0 saturated heterocycles. The molecular formula is C22H16BrCl2N3O2S. The maximum atomic E-state index is 12.6. The van der Waals surface area contributed by atoms with Gasteiger partial charge in [-0.2, -0.15) is 5.10 Å². The van der Waals surface area contributed by atoms with E-state index in [9.17, 15) is 4.79 Å². The van der Waals surface area contributed by atoms with E-state index in [1.807, 2.05) is 41.8 Å². The third kappa shape index (κ3) is 5.68. The molecule has 2 aromatic carbocycles. The highest BCUT2D eigenvalue weighted by atomic mass is 79.9. The maximum absolute atomic E-state index is 12.6. The molecule has 1 N–H and O–H groups in total. The first-order valence-corrected chi connectivity index (χ1v) is 11.6. The number of benzene rings is 2. The Balaban J connectivity index is 1.38. The van der Waals surface area contributed by atoms with Crippen LogP contribution in [0.25, 0.3) is 0 Å². The van der Waals surface area contributed by atoms with Gasteiger partial charge in [-0.15, -0.1) is 11.3 Å². The molecule has 4 aromatic rings. The number of hydrogen-bond acceptors (Lipinski definition) is 4. The van der Waals surface area contributed by atoms with Crippen LogP contribution in [-0.4, -0.2) is 15.7 Å². The van der Waals surface area contributed by atoms with E-state index in [0.717, 1.165) is 15.6 Å². The Bertz CT molecular complexity index is 1210. The topological polar surface area (TPSA) is 56.2 Å². The lowest BCUT2D eigenvalue weighted by Crippen LogP contribution is -2.11. The number of carbonyl (C=O) groups excluding carboxylic acids is 1. The fraction of sp³-hybridized carbons (Fsp3) is 0.0909. The number of nitrogens with zero attached hydrogens (tertiary/aromatic N) is 2. The van der Waals surface area contributed by atoms with Gasteiger partial charge in [-0.25, -0.2) is 0 Å². The lowest BCUT2D eigenvalue weighted by atomic mass is 10.2. The number of thiophene rings is 1. The van der Waals surface area contributed by atoms with Gasteiger partial charge in [-0.3, -0.25) is 9.48 Å². The zero-order valence-corrected chi connectivity index (χ0v) is 19.9. The van der Waals surface area contributed by atoms with E-state index in [2.05, 4.69) is 26.3 Å². The fourth-order valence-corrected chi connectivity index (χ4v) is 4.25. The maximum Gasteiger partial charge on any atom is 0.266 e. The summed E-state index contributed by atoms with van der Waals surface area (Å²) in [5.74, 6) is 0.653. The van der Waals surface area contributed by atoms with Crippen molar-refractivity contribution in [3.8, 4) is 5.75 Å². The summed E-state index contributed by atoms with van der Waals surface area (Å²) >= 11 is 17.1. The molecule has 0 aliphatic heterocycles. The second kappa shape index (κ2) is 9.87. The standard InChI is InChI=1S/C22H16BrCl2N3O2S/c23-16-7-5-14(6-8-16)10-28-11-18(25)21(27-28)26-22(29)20-9-15(13-31-20)12-30-19-4-2-1-3-17(19)24/h1-9,11,13H,10,12H2,(H,26,27,29). The van der Waals surface area contributed by atoms with Gasteiger partial charge in [0.1, 0.15) is 17.4 Å². The van der Waals surface area contributed by atoms with E-state index in [-0.39, 0.29) is 5.91 Å². The van der Waals surface area contributed by atoms with Crippen LogP contribution in [0.1, 0.15) is 20.8 Å². The van der Waals surface area contributed by atoms with E-state index in [1.54, 1.807) is 29.1 Å². The third-order valence-corrected chi connectivity index (χ3v) is 6.41. The number of hydrogen-bond donors (Lipinski definition) is 1. The van der Waals surface area contributed by atoms with Crippen molar-refractivity contribution < 1.29 is 9.53 Å². The van der Waals surface area contributed by atoms with Crippen molar-refractivity contribution >= 4 is 62.2 Å². The molecule has 0 unspecified atom stereocenters. The van der Waals surface area contributed by atoms with Crippen molar-refractivity contribution in [3.63, 3.8) is 0 Å². The number of nitrogens with one attached hydrogen (secondary N) is 1. The van der Waals surface area contributed by atoms with Gasteiger partial charge in [0, 0.05) is 16.2 Å². The van der Waals surface area contributed by atoms with E-state index in [1.165, 1.54) is 11.3 Å². The molecule has 0 aliphatic carbocycles. The third-order valence-electron chi connectivity index (χ3n) is 4.32. The summed E-state index contributed by atoms with van der Waals surface area (Å²) < 4.78 is 8.43. The molecule has 0 bridgehead atoms. The van der Waals surface area contributed by atoms with Gasteiger partial charge in [0.15, 0.2) is 5.82 Å². The summed E-state index contributed by atoms with van der Waals surface area (Å²) in [6.45, 7) is 0.863. The van der Waals surface area contributed by atoms with Crippen molar-refractivity contribution in [1.82, 2.24) is 9.78 Å². The molecule has 158 valence electrons. The van der Waals surface area contributed by atoms with Crippen LogP contribution in [-0.2, 0) is 13.2 Å². The van der Waals surface area contributed by atoms with Crippen molar-refractivity contribution in [1.29, 1.82) is 0 Å². The number of rotatable bonds is 7. The molecule has 31 heavy (non-hydrogen) atoms. The highest BCUT2D eigenvalue weighted by Gasteiger charge is 2.15. The van der Waals surface area contributed by atoms with Crippen LogP contribution in [0, 0.1) is 0 Å². The van der Waals surface area contributed by atoms with Gasteiger partial charge in [0.25, 0.3) is 5.91 Å². The van der Waals surface area contributed by atoms with Crippen LogP contribution in [0.4, 0.5) is 5.82 Å². The highest BCUT2D eigenvalue weighted by Crippen LogP contribution is 2.26. The molecule has 4 rings (SSSR count). The van der Waals surface area contributed by atoms with Gasteiger partial charge in [-0.1, -0.05) is 63.4 Å². The number of ether oxygens (including phenoxy) is 1. The van der Waals surface area contributed by atoms with Crippen molar-refractivity contribution in [3.05, 3.63) is 96.7 Å². The van der Waals surface area contributed by atoms with E-state index < -0.39 is 0 Å². The largest absolute Gasteiger partial charge is 0.487 e. The quantitative estimate of drug-likeness (QED) is 0.279.